The highest BCUT2D eigenvalue weighted by molar-refractivity contribution is 6.31. The van der Waals surface area contributed by atoms with Gasteiger partial charge in [-0.25, -0.2) is 0 Å². The van der Waals surface area contributed by atoms with Gasteiger partial charge in [0.1, 0.15) is 0 Å². The number of nitrogens with zero attached hydrogens (tertiary/aromatic N) is 1. The lowest BCUT2D eigenvalue weighted by molar-refractivity contribution is -0.0238. The first-order valence-electron chi connectivity index (χ1n) is 7.44. The van der Waals surface area contributed by atoms with Crippen LogP contribution < -0.4 is 0 Å². The van der Waals surface area contributed by atoms with Crippen LogP contribution in [0.5, 0.6) is 0 Å². The van der Waals surface area contributed by atoms with Crippen molar-refractivity contribution in [1.29, 1.82) is 0 Å². The zero-order valence-electron chi connectivity index (χ0n) is 12.5. The fraction of sp³-hybridized carbons (Fsp3) is 0.625. The molecule has 1 aliphatic rings. The highest BCUT2D eigenvalue weighted by Crippen LogP contribution is 2.16. The predicted octanol–water partition coefficient (Wildman–Crippen LogP) is 2.33. The molecule has 4 nitrogen and oxygen atoms in total. The predicted molar refractivity (Wildman–Crippen MR) is 83.6 cm³/mol. The van der Waals surface area contributed by atoms with Gasteiger partial charge in [0, 0.05) is 24.7 Å². The van der Waals surface area contributed by atoms with Crippen molar-refractivity contribution in [3.05, 3.63) is 34.9 Å². The van der Waals surface area contributed by atoms with Gasteiger partial charge >= 0.3 is 0 Å². The monoisotopic (exact) mass is 313 g/mol. The summed E-state index contributed by atoms with van der Waals surface area (Å²) in [5.41, 5.74) is 1.06. The number of hydrogen-bond acceptors (Lipinski definition) is 4. The summed E-state index contributed by atoms with van der Waals surface area (Å²) in [4.78, 5) is 2.04. The molecule has 5 heteroatoms. The van der Waals surface area contributed by atoms with Crippen molar-refractivity contribution in [2.24, 2.45) is 0 Å². The first-order valence-corrected chi connectivity index (χ1v) is 7.82. The third kappa shape index (κ3) is 5.93. The van der Waals surface area contributed by atoms with E-state index in [1.807, 2.05) is 36.2 Å². The summed E-state index contributed by atoms with van der Waals surface area (Å²) >= 11 is 6.13. The lowest BCUT2D eigenvalue weighted by Gasteiger charge is -2.21. The molecule has 1 fully saturated rings. The van der Waals surface area contributed by atoms with E-state index in [0.717, 1.165) is 30.0 Å². The van der Waals surface area contributed by atoms with Gasteiger partial charge < -0.3 is 14.6 Å². The van der Waals surface area contributed by atoms with E-state index < -0.39 is 6.10 Å². The second-order valence-corrected chi connectivity index (χ2v) is 6.02. The molecule has 118 valence electrons. The molecule has 0 bridgehead atoms. The number of benzene rings is 1. The summed E-state index contributed by atoms with van der Waals surface area (Å²) in [6, 6.07) is 7.76. The Bertz CT molecular complexity index is 424. The number of aliphatic hydroxyl groups excluding tert-OH is 1. The molecular formula is C16H24ClNO3. The summed E-state index contributed by atoms with van der Waals surface area (Å²) < 4.78 is 11.0. The quantitative estimate of drug-likeness (QED) is 0.800. The molecule has 2 atom stereocenters. The fourth-order valence-electron chi connectivity index (χ4n) is 2.51. The summed E-state index contributed by atoms with van der Waals surface area (Å²) in [5, 5.41) is 10.8. The molecule has 1 N–H and O–H groups in total. The molecule has 1 aliphatic heterocycles. The van der Waals surface area contributed by atoms with Gasteiger partial charge in [0.05, 0.1) is 25.4 Å². The number of likely N-dealkylation sites (N-methyl/N-ethyl adjacent to an activating group) is 1. The van der Waals surface area contributed by atoms with E-state index in [9.17, 15) is 5.11 Å². The second-order valence-electron chi connectivity index (χ2n) is 5.61. The van der Waals surface area contributed by atoms with Crippen molar-refractivity contribution >= 4 is 11.6 Å². The fourth-order valence-corrected chi connectivity index (χ4v) is 2.70. The standard InChI is InChI=1S/C16H24ClNO3/c1-18(9-13-5-2-3-7-16(13)17)10-14(19)11-20-12-15-6-4-8-21-15/h2-3,5,7,14-15,19H,4,6,8-12H2,1H3. The maximum absolute atomic E-state index is 10.0. The van der Waals surface area contributed by atoms with Gasteiger partial charge in [-0.1, -0.05) is 29.8 Å². The van der Waals surface area contributed by atoms with E-state index >= 15 is 0 Å². The molecule has 1 heterocycles. The van der Waals surface area contributed by atoms with E-state index in [2.05, 4.69) is 0 Å². The van der Waals surface area contributed by atoms with Crippen LogP contribution in [0.3, 0.4) is 0 Å². The molecule has 2 rings (SSSR count). The normalized spacial score (nSPS) is 20.1. The van der Waals surface area contributed by atoms with Gasteiger partial charge in [0.15, 0.2) is 0 Å². The Kier molecular flexibility index (Phi) is 6.93. The van der Waals surface area contributed by atoms with Crippen molar-refractivity contribution in [1.82, 2.24) is 4.90 Å². The van der Waals surface area contributed by atoms with Crippen LogP contribution in [-0.4, -0.2) is 55.6 Å². The van der Waals surface area contributed by atoms with Gasteiger partial charge in [0.2, 0.25) is 0 Å². The average Bonchev–Trinajstić information content (AvgIpc) is 2.94. The lowest BCUT2D eigenvalue weighted by Crippen LogP contribution is -2.32. The molecule has 21 heavy (non-hydrogen) atoms. The van der Waals surface area contributed by atoms with E-state index in [1.54, 1.807) is 0 Å². The average molecular weight is 314 g/mol. The van der Waals surface area contributed by atoms with Gasteiger partial charge in [0.25, 0.3) is 0 Å². The smallest absolute Gasteiger partial charge is 0.0900 e. The Morgan fingerprint density at radius 1 is 1.48 bits per heavy atom. The van der Waals surface area contributed by atoms with Crippen molar-refractivity contribution in [2.75, 3.05) is 33.4 Å². The minimum Gasteiger partial charge on any atom is -0.389 e. The highest BCUT2D eigenvalue weighted by Gasteiger charge is 2.16. The van der Waals surface area contributed by atoms with Crippen LogP contribution in [0.25, 0.3) is 0 Å². The Balaban J connectivity index is 1.64. The summed E-state index contributed by atoms with van der Waals surface area (Å²) in [5.74, 6) is 0. The first kappa shape index (κ1) is 16.7. The van der Waals surface area contributed by atoms with E-state index in [1.165, 1.54) is 0 Å². The molecule has 0 radical (unpaired) electrons. The minimum absolute atomic E-state index is 0.207. The molecule has 1 aromatic carbocycles. The number of hydrogen-bond donors (Lipinski definition) is 1. The lowest BCUT2D eigenvalue weighted by atomic mass is 10.2. The first-order chi connectivity index (χ1) is 10.1. The van der Waals surface area contributed by atoms with Gasteiger partial charge in [-0.15, -0.1) is 0 Å². The van der Waals surface area contributed by atoms with Crippen LogP contribution >= 0.6 is 11.6 Å². The molecule has 1 saturated heterocycles. The molecule has 0 amide bonds. The van der Waals surface area contributed by atoms with Gasteiger partial charge in [-0.2, -0.15) is 0 Å². The van der Waals surface area contributed by atoms with Crippen molar-refractivity contribution in [3.8, 4) is 0 Å². The van der Waals surface area contributed by atoms with E-state index in [-0.39, 0.29) is 6.10 Å². The number of halogens is 1. The van der Waals surface area contributed by atoms with Crippen molar-refractivity contribution in [2.45, 2.75) is 31.6 Å². The number of aliphatic hydroxyl groups is 1. The molecule has 1 aromatic rings. The third-order valence-electron chi connectivity index (χ3n) is 3.56. The minimum atomic E-state index is -0.501. The molecule has 2 unspecified atom stereocenters. The van der Waals surface area contributed by atoms with Crippen LogP contribution in [-0.2, 0) is 16.0 Å². The van der Waals surface area contributed by atoms with E-state index in [4.69, 9.17) is 21.1 Å². The summed E-state index contributed by atoms with van der Waals surface area (Å²) in [6.07, 6.45) is 1.87. The topological polar surface area (TPSA) is 41.9 Å². The second kappa shape index (κ2) is 8.71. The Morgan fingerprint density at radius 2 is 2.29 bits per heavy atom. The van der Waals surface area contributed by atoms with Crippen LogP contribution in [0, 0.1) is 0 Å². The third-order valence-corrected chi connectivity index (χ3v) is 3.93. The summed E-state index contributed by atoms with van der Waals surface area (Å²) in [6.45, 7) is 3.01. The van der Waals surface area contributed by atoms with Gasteiger partial charge in [-0.05, 0) is 31.5 Å². The maximum atomic E-state index is 10.0. The number of rotatable bonds is 8. The van der Waals surface area contributed by atoms with Crippen LogP contribution in [0.1, 0.15) is 18.4 Å². The molecular weight excluding hydrogens is 290 g/mol. The molecule has 0 saturated carbocycles. The zero-order chi connectivity index (χ0) is 15.1. The SMILES string of the molecule is CN(Cc1ccccc1Cl)CC(O)COCC1CCCO1. The summed E-state index contributed by atoms with van der Waals surface area (Å²) in [7, 11) is 1.96. The van der Waals surface area contributed by atoms with Crippen LogP contribution in [0.4, 0.5) is 0 Å². The van der Waals surface area contributed by atoms with Crippen molar-refractivity contribution in [3.63, 3.8) is 0 Å². The van der Waals surface area contributed by atoms with Gasteiger partial charge in [-0.3, -0.25) is 4.90 Å². The highest BCUT2D eigenvalue weighted by atomic mass is 35.5. The molecule has 0 aromatic heterocycles. The Hall–Kier alpha value is -0.650. The zero-order valence-corrected chi connectivity index (χ0v) is 13.3. The maximum Gasteiger partial charge on any atom is 0.0900 e. The van der Waals surface area contributed by atoms with E-state index in [0.29, 0.717) is 26.3 Å². The Labute approximate surface area is 131 Å². The van der Waals surface area contributed by atoms with Crippen LogP contribution in [0.15, 0.2) is 24.3 Å². The largest absolute Gasteiger partial charge is 0.389 e. The Morgan fingerprint density at radius 3 is 3.00 bits per heavy atom. The van der Waals surface area contributed by atoms with Crippen LogP contribution in [0.2, 0.25) is 5.02 Å². The molecule has 0 aliphatic carbocycles. The van der Waals surface area contributed by atoms with Crippen molar-refractivity contribution < 1.29 is 14.6 Å². The number of ether oxygens (including phenoxy) is 2. The molecule has 0 spiro atoms.